The van der Waals surface area contributed by atoms with Gasteiger partial charge in [-0.25, -0.2) is 0 Å². The number of nitrogens with one attached hydrogen (secondary N) is 3. The molecule has 0 aromatic rings. The number of aliphatic hydroxyl groups is 3. The van der Waals surface area contributed by atoms with Gasteiger partial charge in [-0.2, -0.15) is 0 Å². The van der Waals surface area contributed by atoms with Crippen molar-refractivity contribution in [3.05, 3.63) is 0 Å². The zero-order chi connectivity index (χ0) is 18.4. The minimum atomic E-state index is -1.32. The van der Waals surface area contributed by atoms with Gasteiger partial charge in [0.05, 0.1) is 24.2 Å². The van der Waals surface area contributed by atoms with E-state index in [9.17, 15) is 29.7 Å². The van der Waals surface area contributed by atoms with E-state index in [2.05, 4.69) is 16.0 Å². The molecule has 5 unspecified atom stereocenters. The number of ketones is 1. The fourth-order valence-corrected chi connectivity index (χ4v) is 2.99. The monoisotopic (exact) mass is 345 g/mol. The summed E-state index contributed by atoms with van der Waals surface area (Å²) in [6.07, 6.45) is -2.42. The van der Waals surface area contributed by atoms with Gasteiger partial charge in [-0.1, -0.05) is 0 Å². The molecule has 9 heteroatoms. The Bertz CT molecular complexity index is 472. The number of Topliss-reactive ketones (excluding diaryl/α,β-unsaturated/α-hetero) is 1. The quantitative estimate of drug-likeness (QED) is 0.294. The third-order valence-corrected chi connectivity index (χ3v) is 4.37. The summed E-state index contributed by atoms with van der Waals surface area (Å²) < 4.78 is 0. The summed E-state index contributed by atoms with van der Waals surface area (Å²) >= 11 is 0. The third kappa shape index (κ3) is 5.23. The van der Waals surface area contributed by atoms with Crippen LogP contribution in [-0.4, -0.2) is 76.9 Å². The minimum Gasteiger partial charge on any atom is -0.396 e. The lowest BCUT2D eigenvalue weighted by Crippen LogP contribution is -2.65. The predicted octanol–water partition coefficient (Wildman–Crippen LogP) is -2.72. The number of hydrogen-bond acceptors (Lipinski definition) is 7. The van der Waals surface area contributed by atoms with Gasteiger partial charge in [0.2, 0.25) is 11.8 Å². The fraction of sp³-hybridized carbons (Fsp3) is 0.800. The molecule has 0 spiro atoms. The summed E-state index contributed by atoms with van der Waals surface area (Å²) in [6.45, 7) is 2.28. The fourth-order valence-electron chi connectivity index (χ4n) is 2.99. The summed E-state index contributed by atoms with van der Waals surface area (Å²) in [6, 6.07) is -2.17. The number of carbonyl (C=O) groups is 3. The lowest BCUT2D eigenvalue weighted by molar-refractivity contribution is -0.132. The van der Waals surface area contributed by atoms with Gasteiger partial charge in [-0.05, 0) is 20.4 Å². The summed E-state index contributed by atoms with van der Waals surface area (Å²) in [5.74, 6) is -1.64. The number of rotatable bonds is 7. The number of amides is 2. The van der Waals surface area contributed by atoms with Crippen LogP contribution in [0.5, 0.6) is 0 Å². The van der Waals surface area contributed by atoms with Gasteiger partial charge in [-0.3, -0.25) is 14.4 Å². The summed E-state index contributed by atoms with van der Waals surface area (Å²) in [7, 11) is 1.57. The molecule has 2 amide bonds. The summed E-state index contributed by atoms with van der Waals surface area (Å²) in [5, 5.41) is 37.5. The molecule has 1 fully saturated rings. The van der Waals surface area contributed by atoms with Gasteiger partial charge in [0.1, 0.15) is 11.9 Å². The van der Waals surface area contributed by atoms with Crippen LogP contribution < -0.4 is 16.0 Å². The molecule has 6 N–H and O–H groups in total. The average molecular weight is 345 g/mol. The molecule has 24 heavy (non-hydrogen) atoms. The third-order valence-electron chi connectivity index (χ3n) is 4.37. The first-order chi connectivity index (χ1) is 11.2. The standard InChI is InChI=1S/C15H27N3O6/c1-7(20)10(16-3)5-12(22)18-11-4-9(6-19)14(23)15(24)13(11)17-8(2)21/h9-11,13-16,19,23-24H,4-6H2,1-3H3,(H,17,21)(H,18,22)/t9?,10-,11?,13?,14?,15?/m0/s1. The smallest absolute Gasteiger partial charge is 0.222 e. The van der Waals surface area contributed by atoms with Crippen LogP contribution >= 0.6 is 0 Å². The van der Waals surface area contributed by atoms with Crippen molar-refractivity contribution in [3.63, 3.8) is 0 Å². The SMILES string of the molecule is CN[C@@H](CC(=O)NC1CC(CO)C(O)C(O)C1NC(C)=O)C(C)=O. The van der Waals surface area contributed by atoms with E-state index in [1.165, 1.54) is 13.8 Å². The maximum absolute atomic E-state index is 12.2. The topological polar surface area (TPSA) is 148 Å². The van der Waals surface area contributed by atoms with E-state index in [-0.39, 0.29) is 25.2 Å². The van der Waals surface area contributed by atoms with Crippen molar-refractivity contribution in [2.75, 3.05) is 13.7 Å². The van der Waals surface area contributed by atoms with Crippen LogP contribution in [0, 0.1) is 5.92 Å². The van der Waals surface area contributed by atoms with Crippen LogP contribution in [0.4, 0.5) is 0 Å². The largest absolute Gasteiger partial charge is 0.396 e. The molecular formula is C15H27N3O6. The van der Waals surface area contributed by atoms with Gasteiger partial charge in [0.25, 0.3) is 0 Å². The highest BCUT2D eigenvalue weighted by atomic mass is 16.3. The zero-order valence-electron chi connectivity index (χ0n) is 14.2. The predicted molar refractivity (Wildman–Crippen MR) is 84.9 cm³/mol. The van der Waals surface area contributed by atoms with Crippen molar-refractivity contribution in [2.24, 2.45) is 5.92 Å². The number of carbonyl (C=O) groups excluding carboxylic acids is 3. The van der Waals surface area contributed by atoms with Gasteiger partial charge < -0.3 is 31.3 Å². The lowest BCUT2D eigenvalue weighted by Gasteiger charge is -2.42. The molecule has 1 aliphatic rings. The highest BCUT2D eigenvalue weighted by Crippen LogP contribution is 2.26. The van der Waals surface area contributed by atoms with Crippen molar-refractivity contribution in [2.45, 2.75) is 57.0 Å². The first-order valence-electron chi connectivity index (χ1n) is 7.92. The molecule has 0 bridgehead atoms. The Balaban J connectivity index is 2.84. The van der Waals surface area contributed by atoms with Crippen molar-refractivity contribution >= 4 is 17.6 Å². The Labute approximate surface area is 140 Å². The van der Waals surface area contributed by atoms with Gasteiger partial charge in [0.15, 0.2) is 0 Å². The zero-order valence-corrected chi connectivity index (χ0v) is 14.2. The molecule has 0 heterocycles. The van der Waals surface area contributed by atoms with E-state index >= 15 is 0 Å². The second-order valence-electron chi connectivity index (χ2n) is 6.22. The van der Waals surface area contributed by atoms with E-state index in [1.54, 1.807) is 7.05 Å². The van der Waals surface area contributed by atoms with E-state index in [1.807, 2.05) is 0 Å². The molecule has 0 aromatic carbocycles. The van der Waals surface area contributed by atoms with Crippen molar-refractivity contribution in [1.29, 1.82) is 0 Å². The van der Waals surface area contributed by atoms with Crippen LogP contribution in [0.2, 0.25) is 0 Å². The number of aliphatic hydroxyl groups excluding tert-OH is 3. The minimum absolute atomic E-state index is 0.0857. The molecule has 0 aromatic heterocycles. The Hall–Kier alpha value is -1.55. The van der Waals surface area contributed by atoms with Crippen LogP contribution in [0.3, 0.4) is 0 Å². The van der Waals surface area contributed by atoms with E-state index < -0.39 is 48.1 Å². The van der Waals surface area contributed by atoms with Crippen LogP contribution in [0.25, 0.3) is 0 Å². The molecule has 9 nitrogen and oxygen atoms in total. The second kappa shape index (κ2) is 9.07. The molecule has 1 rings (SSSR count). The van der Waals surface area contributed by atoms with Crippen molar-refractivity contribution in [3.8, 4) is 0 Å². The molecule has 1 aliphatic carbocycles. The Kier molecular flexibility index (Phi) is 7.74. The number of likely N-dealkylation sites (N-methyl/N-ethyl adjacent to an activating group) is 1. The van der Waals surface area contributed by atoms with Crippen molar-refractivity contribution < 1.29 is 29.7 Å². The maximum atomic E-state index is 12.2. The molecular weight excluding hydrogens is 318 g/mol. The van der Waals surface area contributed by atoms with Crippen LogP contribution in [0.15, 0.2) is 0 Å². The summed E-state index contributed by atoms with van der Waals surface area (Å²) in [4.78, 5) is 34.9. The van der Waals surface area contributed by atoms with Gasteiger partial charge in [0, 0.05) is 25.9 Å². The summed E-state index contributed by atoms with van der Waals surface area (Å²) in [5.41, 5.74) is 0. The van der Waals surface area contributed by atoms with E-state index in [0.717, 1.165) is 0 Å². The van der Waals surface area contributed by atoms with E-state index in [4.69, 9.17) is 0 Å². The highest BCUT2D eigenvalue weighted by molar-refractivity contribution is 5.88. The van der Waals surface area contributed by atoms with Crippen LogP contribution in [-0.2, 0) is 14.4 Å². The second-order valence-corrected chi connectivity index (χ2v) is 6.22. The maximum Gasteiger partial charge on any atom is 0.222 e. The first-order valence-corrected chi connectivity index (χ1v) is 7.92. The van der Waals surface area contributed by atoms with Gasteiger partial charge >= 0.3 is 0 Å². The molecule has 1 saturated carbocycles. The lowest BCUT2D eigenvalue weighted by atomic mass is 9.78. The Morgan fingerprint density at radius 2 is 1.75 bits per heavy atom. The normalized spacial score (nSPS) is 31.2. The van der Waals surface area contributed by atoms with Crippen molar-refractivity contribution in [1.82, 2.24) is 16.0 Å². The van der Waals surface area contributed by atoms with E-state index in [0.29, 0.717) is 0 Å². The molecule has 0 saturated heterocycles. The molecule has 6 atom stereocenters. The molecule has 0 aliphatic heterocycles. The van der Waals surface area contributed by atoms with Gasteiger partial charge in [-0.15, -0.1) is 0 Å². The number of hydrogen-bond donors (Lipinski definition) is 6. The Morgan fingerprint density at radius 1 is 1.12 bits per heavy atom. The first kappa shape index (κ1) is 20.5. The molecule has 138 valence electrons. The Morgan fingerprint density at radius 3 is 2.21 bits per heavy atom. The average Bonchev–Trinajstić information content (AvgIpc) is 2.51. The molecule has 0 radical (unpaired) electrons. The highest BCUT2D eigenvalue weighted by Gasteiger charge is 2.44. The van der Waals surface area contributed by atoms with Crippen LogP contribution in [0.1, 0.15) is 26.7 Å².